The number of para-hydroxylation sites is 1. The number of carbonyl (C=O) groups is 4. The number of carbonyl (C=O) groups excluding carboxylic acids is 4. The number of amides is 4. The number of nitrogens with zero attached hydrogens (tertiary/aromatic N) is 1. The van der Waals surface area contributed by atoms with Gasteiger partial charge < -0.3 is 40.7 Å². The Morgan fingerprint density at radius 3 is 2.47 bits per heavy atom. The molecule has 0 radical (unpaired) electrons. The molecule has 1 aliphatic heterocycles. The van der Waals surface area contributed by atoms with Gasteiger partial charge in [-0.2, -0.15) is 0 Å². The Kier molecular flexibility index (Phi) is 10.2. The minimum absolute atomic E-state index is 0.0400. The zero-order valence-corrected chi connectivity index (χ0v) is 24.2. The molecule has 0 saturated heterocycles. The Balaban J connectivity index is 1.57. The van der Waals surface area contributed by atoms with Crippen LogP contribution in [0.2, 0.25) is 0 Å². The molecule has 226 valence electrons. The lowest BCUT2D eigenvalue weighted by Gasteiger charge is -2.18. The molecule has 3 aromatic rings. The molecule has 2 atom stereocenters. The first-order valence-corrected chi connectivity index (χ1v) is 13.8. The topological polar surface area (TPSA) is 158 Å². The van der Waals surface area contributed by atoms with Crippen molar-refractivity contribution in [2.75, 3.05) is 42.8 Å². The SMILES string of the molecule is CC(O)CNC(=O)CC[C@H]1NC(=O)c2cc(Oc3cccc(N(C)C)c3)c(NC(=O)COc3ccccc3)cc2NC1=O. The van der Waals surface area contributed by atoms with Crippen LogP contribution in [0, 0.1) is 0 Å². The first-order chi connectivity index (χ1) is 20.6. The predicted molar refractivity (Wildman–Crippen MR) is 162 cm³/mol. The van der Waals surface area contributed by atoms with Crippen molar-refractivity contribution in [1.82, 2.24) is 10.6 Å². The van der Waals surface area contributed by atoms with Crippen molar-refractivity contribution >= 4 is 40.7 Å². The van der Waals surface area contributed by atoms with Crippen molar-refractivity contribution in [2.24, 2.45) is 0 Å². The molecule has 5 N–H and O–H groups in total. The van der Waals surface area contributed by atoms with Gasteiger partial charge in [0.2, 0.25) is 11.8 Å². The van der Waals surface area contributed by atoms with E-state index < -0.39 is 29.9 Å². The summed E-state index contributed by atoms with van der Waals surface area (Å²) in [5.41, 5.74) is 1.36. The van der Waals surface area contributed by atoms with Crippen LogP contribution < -0.4 is 35.6 Å². The summed E-state index contributed by atoms with van der Waals surface area (Å²) in [4.78, 5) is 53.2. The van der Waals surface area contributed by atoms with Crippen LogP contribution in [0.5, 0.6) is 17.2 Å². The Hall–Kier alpha value is -5.10. The summed E-state index contributed by atoms with van der Waals surface area (Å²) in [5.74, 6) is -0.771. The molecule has 0 aliphatic carbocycles. The second-order valence-electron chi connectivity index (χ2n) is 10.2. The number of fused-ring (bicyclic) bond motifs is 1. The largest absolute Gasteiger partial charge is 0.484 e. The summed E-state index contributed by atoms with van der Waals surface area (Å²) in [6.45, 7) is 1.34. The van der Waals surface area contributed by atoms with Crippen LogP contribution in [0.15, 0.2) is 66.7 Å². The normalized spacial score (nSPS) is 14.7. The van der Waals surface area contributed by atoms with Gasteiger partial charge in [-0.1, -0.05) is 24.3 Å². The monoisotopic (exact) mass is 589 g/mol. The number of benzene rings is 3. The van der Waals surface area contributed by atoms with E-state index in [-0.39, 0.29) is 54.6 Å². The van der Waals surface area contributed by atoms with Crippen LogP contribution in [0.3, 0.4) is 0 Å². The molecule has 0 saturated carbocycles. The van der Waals surface area contributed by atoms with E-state index in [1.165, 1.54) is 12.1 Å². The van der Waals surface area contributed by atoms with Gasteiger partial charge in [-0.3, -0.25) is 19.2 Å². The quantitative estimate of drug-likeness (QED) is 0.216. The molecule has 0 spiro atoms. The van der Waals surface area contributed by atoms with Crippen LogP contribution in [-0.4, -0.2) is 68.1 Å². The van der Waals surface area contributed by atoms with Crippen LogP contribution in [0.25, 0.3) is 0 Å². The summed E-state index contributed by atoms with van der Waals surface area (Å²) in [6, 6.07) is 18.0. The summed E-state index contributed by atoms with van der Waals surface area (Å²) in [7, 11) is 3.78. The molecular weight excluding hydrogens is 554 g/mol. The maximum atomic E-state index is 13.3. The van der Waals surface area contributed by atoms with Gasteiger partial charge in [-0.05, 0) is 49.7 Å². The standard InChI is InChI=1S/C31H35N5O7/c1-19(37)17-32-28(38)13-12-24-31(41)35-25-16-26(33-29(39)18-42-21-9-5-4-6-10-21)27(15-23(25)30(40)34-24)43-22-11-7-8-20(14-22)36(2)3/h4-11,14-16,19,24,37H,12-13,17-18H2,1-3H3,(H,32,38)(H,33,39)(H,34,40)(H,35,41)/t19?,24-/m1/s1. The molecule has 1 heterocycles. The number of hydrogen-bond donors (Lipinski definition) is 5. The average molecular weight is 590 g/mol. The van der Waals surface area contributed by atoms with Crippen molar-refractivity contribution in [3.63, 3.8) is 0 Å². The molecule has 1 aliphatic rings. The van der Waals surface area contributed by atoms with E-state index in [1.54, 1.807) is 43.3 Å². The molecule has 12 nitrogen and oxygen atoms in total. The summed E-state index contributed by atoms with van der Waals surface area (Å²) < 4.78 is 11.7. The Bertz CT molecular complexity index is 1480. The maximum Gasteiger partial charge on any atom is 0.262 e. The van der Waals surface area contributed by atoms with E-state index in [1.807, 2.05) is 37.2 Å². The van der Waals surface area contributed by atoms with Crippen LogP contribution in [0.1, 0.15) is 30.1 Å². The van der Waals surface area contributed by atoms with Gasteiger partial charge in [-0.15, -0.1) is 0 Å². The number of ether oxygens (including phenoxy) is 2. The summed E-state index contributed by atoms with van der Waals surface area (Å²) in [5, 5.41) is 20.1. The molecule has 4 amide bonds. The highest BCUT2D eigenvalue weighted by atomic mass is 16.5. The zero-order chi connectivity index (χ0) is 30.9. The van der Waals surface area contributed by atoms with Crippen molar-refractivity contribution in [3.8, 4) is 17.2 Å². The molecule has 0 aromatic heterocycles. The van der Waals surface area contributed by atoms with E-state index in [0.29, 0.717) is 11.5 Å². The summed E-state index contributed by atoms with van der Waals surface area (Å²) >= 11 is 0. The van der Waals surface area contributed by atoms with Crippen molar-refractivity contribution in [2.45, 2.75) is 31.9 Å². The minimum Gasteiger partial charge on any atom is -0.484 e. The Morgan fingerprint density at radius 2 is 1.74 bits per heavy atom. The fourth-order valence-corrected chi connectivity index (χ4v) is 4.21. The molecule has 1 unspecified atom stereocenters. The average Bonchev–Trinajstić information content (AvgIpc) is 3.09. The van der Waals surface area contributed by atoms with Gasteiger partial charge in [0.15, 0.2) is 12.4 Å². The van der Waals surface area contributed by atoms with Crippen LogP contribution >= 0.6 is 0 Å². The number of hydrogen-bond acceptors (Lipinski definition) is 8. The number of anilines is 3. The lowest BCUT2D eigenvalue weighted by molar-refractivity contribution is -0.122. The smallest absolute Gasteiger partial charge is 0.262 e. The summed E-state index contributed by atoms with van der Waals surface area (Å²) in [6.07, 6.45) is -0.709. The van der Waals surface area contributed by atoms with Gasteiger partial charge in [-0.25, -0.2) is 0 Å². The molecular formula is C31H35N5O7. The molecule has 43 heavy (non-hydrogen) atoms. The van der Waals surface area contributed by atoms with Crippen molar-refractivity contribution in [1.29, 1.82) is 0 Å². The molecule has 4 rings (SSSR count). The maximum absolute atomic E-state index is 13.3. The second-order valence-corrected chi connectivity index (χ2v) is 10.2. The van der Waals surface area contributed by atoms with Crippen LogP contribution in [0.4, 0.5) is 17.1 Å². The van der Waals surface area contributed by atoms with E-state index in [4.69, 9.17) is 9.47 Å². The number of aliphatic hydroxyl groups excluding tert-OH is 1. The van der Waals surface area contributed by atoms with E-state index in [0.717, 1.165) is 5.69 Å². The zero-order valence-electron chi connectivity index (χ0n) is 24.2. The van der Waals surface area contributed by atoms with E-state index in [2.05, 4.69) is 21.3 Å². The third-order valence-electron chi connectivity index (χ3n) is 6.45. The Morgan fingerprint density at radius 1 is 1.00 bits per heavy atom. The highest BCUT2D eigenvalue weighted by Gasteiger charge is 2.30. The van der Waals surface area contributed by atoms with Gasteiger partial charge in [0, 0.05) is 38.8 Å². The highest BCUT2D eigenvalue weighted by molar-refractivity contribution is 6.11. The third kappa shape index (κ3) is 8.69. The fourth-order valence-electron chi connectivity index (χ4n) is 4.21. The van der Waals surface area contributed by atoms with Crippen LogP contribution in [-0.2, 0) is 14.4 Å². The number of rotatable bonds is 12. The van der Waals surface area contributed by atoms with Gasteiger partial charge >= 0.3 is 0 Å². The van der Waals surface area contributed by atoms with Gasteiger partial charge in [0.1, 0.15) is 17.5 Å². The number of nitrogens with one attached hydrogen (secondary N) is 4. The Labute approximate surface area is 249 Å². The third-order valence-corrected chi connectivity index (χ3v) is 6.45. The number of aliphatic hydroxyl groups is 1. The molecule has 0 bridgehead atoms. The van der Waals surface area contributed by atoms with E-state index in [9.17, 15) is 24.3 Å². The van der Waals surface area contributed by atoms with Crippen molar-refractivity contribution < 1.29 is 33.8 Å². The highest BCUT2D eigenvalue weighted by Crippen LogP contribution is 2.37. The predicted octanol–water partition coefficient (Wildman–Crippen LogP) is 2.89. The second kappa shape index (κ2) is 14.2. The molecule has 12 heteroatoms. The first-order valence-electron chi connectivity index (χ1n) is 13.8. The fraction of sp³-hybridized carbons (Fsp3) is 0.290. The van der Waals surface area contributed by atoms with E-state index >= 15 is 0 Å². The minimum atomic E-state index is -0.990. The van der Waals surface area contributed by atoms with Gasteiger partial charge in [0.05, 0.1) is 23.0 Å². The molecule has 0 fully saturated rings. The van der Waals surface area contributed by atoms with Crippen molar-refractivity contribution in [3.05, 3.63) is 72.3 Å². The van der Waals surface area contributed by atoms with Gasteiger partial charge in [0.25, 0.3) is 11.8 Å². The molecule has 3 aromatic carbocycles. The lowest BCUT2D eigenvalue weighted by atomic mass is 10.1. The lowest BCUT2D eigenvalue weighted by Crippen LogP contribution is -2.42. The first kappa shape index (κ1) is 30.8.